The summed E-state index contributed by atoms with van der Waals surface area (Å²) in [7, 11) is 4.07. The number of nitrogens with zero attached hydrogens (tertiary/aromatic N) is 13. The number of aromatic nitrogens is 16. The Morgan fingerprint density at radius 3 is 1.00 bits per heavy atom. The minimum absolute atomic E-state index is 0.0882. The van der Waals surface area contributed by atoms with Gasteiger partial charge in [-0.2, -0.15) is 19.9 Å². The van der Waals surface area contributed by atoms with Crippen LogP contribution in [-0.4, -0.2) is 103 Å². The highest BCUT2D eigenvalue weighted by Gasteiger charge is 2.26. The minimum atomic E-state index is -0.884. The highest BCUT2D eigenvalue weighted by Crippen LogP contribution is 2.31. The second-order valence-corrected chi connectivity index (χ2v) is 30.5. The fourth-order valence-corrected chi connectivity index (χ4v) is 14.5. The van der Waals surface area contributed by atoms with Gasteiger partial charge in [0.05, 0.1) is 59.2 Å². The first-order valence-electron chi connectivity index (χ1n) is 37.5. The molecule has 8 heterocycles. The molecule has 0 saturated heterocycles. The number of aromatic amines is 4. The normalized spacial score (nSPS) is 11.8. The first kappa shape index (κ1) is 82.5. The van der Waals surface area contributed by atoms with E-state index in [1.54, 1.807) is 22.8 Å². The van der Waals surface area contributed by atoms with Crippen LogP contribution in [-0.2, 0) is 51.9 Å². The fourth-order valence-electron chi connectivity index (χ4n) is 14.0. The Balaban J connectivity index is 0.000000135. The van der Waals surface area contributed by atoms with E-state index in [0.717, 1.165) is 103 Å². The summed E-state index contributed by atoms with van der Waals surface area (Å²) in [5, 5.41) is 1.13. The number of hydrogen-bond donors (Lipinski definition) is 4. The molecule has 8 aliphatic heterocycles. The second kappa shape index (κ2) is 34.9. The molecule has 16 rings (SSSR count). The lowest BCUT2D eigenvalue weighted by atomic mass is 10.0. The van der Waals surface area contributed by atoms with Crippen molar-refractivity contribution in [3.63, 3.8) is 0 Å². The van der Waals surface area contributed by atoms with Gasteiger partial charge in [-0.05, 0) is 266 Å². The molecule has 0 aromatic heterocycles. The van der Waals surface area contributed by atoms with Gasteiger partial charge in [0.25, 0.3) is 22.2 Å². The number of halogens is 6. The maximum Gasteiger partial charge on any atom is 0.349 e. The molecule has 4 N–H and O–H groups in total. The van der Waals surface area contributed by atoms with E-state index in [2.05, 4.69) is 82.9 Å². The quantitative estimate of drug-likeness (QED) is 0.0615. The molecule has 8 aromatic rings. The molecule has 0 bridgehead atoms. The predicted octanol–water partition coefficient (Wildman–Crippen LogP) is 13.3. The monoisotopic (exact) mass is 1640 g/mol. The molecule has 0 saturated carbocycles. The Kier molecular flexibility index (Phi) is 24.6. The number of hydrogen-bond acceptors (Lipinski definition) is 17. The summed E-state index contributed by atoms with van der Waals surface area (Å²) in [6.07, 6.45) is 4.73. The Bertz CT molecular complexity index is 6430. The standard InChI is InChI=1S/C23H25N5O2.C21H18Cl2N4O2.C21H18ClFN4O2.C21H18F2N4O2/c1-14-10-18-19(11-15(14)2)28(21-20(24-18)22(29)26-23(30)25-21)13-17(27(3)4)12-16-8-6-5-7-9-16;1-11-8-16-17(9-12(11)2)27(19-18(24-16)20(28)26-21(29)25-19)7-3-4-13-5-6-14(22)15(23)10-13;1-11-8-16-17(9-12(11)2)27(19-18(24-16)20(28)26-21(29)25-19)7-3-4-13-5-6-15(23)14(22)10-13;1-11-8-16-17(9-12(11)2)27(19-18(24-16)20(28)26-21(29)25-19)7-3-4-13-5-6-14(22)15(23)10-13/h5-11,17H,12-13H2,1-4H3,(H,26,29,30);3*5-6,8-10H,3-4,7H2,1-2H3,(H,26,28,29). The van der Waals surface area contributed by atoms with E-state index in [4.69, 9.17) is 34.8 Å². The van der Waals surface area contributed by atoms with Gasteiger partial charge >= 0.3 is 22.8 Å². The Morgan fingerprint density at radius 1 is 0.342 bits per heavy atom. The lowest BCUT2D eigenvalue weighted by Crippen LogP contribution is -2.36. The van der Waals surface area contributed by atoms with Gasteiger partial charge in [0.1, 0.15) is 5.82 Å². The van der Waals surface area contributed by atoms with Gasteiger partial charge in [0.15, 0.2) is 57.7 Å². The molecule has 0 aliphatic carbocycles. The molecule has 8 aliphatic rings. The molecule has 117 heavy (non-hydrogen) atoms. The first-order valence-corrected chi connectivity index (χ1v) is 38.7. The third kappa shape index (κ3) is 18.4. The SMILES string of the molecule is Cc1cc2nc3c(=O)[nH]c(=O)nc-3n(CC(Cc3ccccc3)N(C)C)c2cc1C.Cc1cc2nc3c(=O)[nH]c(=O)nc-3n(CCCc3ccc(Cl)c(Cl)c3)c2cc1C.Cc1cc2nc3c(=O)[nH]c(=O)nc-3n(CCCc3ccc(F)c(Cl)c3)c2cc1C.Cc1cc2nc3c(=O)[nH]c(=O)nc-3n(CCCc3ccc(F)c(F)c3)c2cc1C. The van der Waals surface area contributed by atoms with Gasteiger partial charge in [0, 0.05) is 32.2 Å². The van der Waals surface area contributed by atoms with E-state index < -0.39 is 62.4 Å². The summed E-state index contributed by atoms with van der Waals surface area (Å²) in [6.45, 7) is 18.0. The van der Waals surface area contributed by atoms with Crippen LogP contribution in [0.4, 0.5) is 13.2 Å². The molecule has 598 valence electrons. The van der Waals surface area contributed by atoms with Crippen molar-refractivity contribution in [2.75, 3.05) is 14.1 Å². The molecule has 0 radical (unpaired) electrons. The van der Waals surface area contributed by atoms with Crippen molar-refractivity contribution in [3.05, 3.63) is 316 Å². The number of aryl methyl sites for hydroxylation is 14. The largest absolute Gasteiger partial charge is 0.349 e. The summed E-state index contributed by atoms with van der Waals surface area (Å²) in [5.74, 6) is -1.14. The van der Waals surface area contributed by atoms with E-state index in [-0.39, 0.29) is 45.5 Å². The van der Waals surface area contributed by atoms with Crippen molar-refractivity contribution in [3.8, 4) is 46.1 Å². The summed E-state index contributed by atoms with van der Waals surface area (Å²) in [5.41, 5.74) is 14.0. The number of likely N-dealkylation sites (N-methyl/N-ethyl adjacent to an activating group) is 1. The lowest BCUT2D eigenvalue weighted by molar-refractivity contribution is 0.264. The molecular weight excluding hydrogens is 1560 g/mol. The molecule has 0 spiro atoms. The highest BCUT2D eigenvalue weighted by atomic mass is 35.5. The van der Waals surface area contributed by atoms with Crippen LogP contribution in [0.25, 0.3) is 90.2 Å². The van der Waals surface area contributed by atoms with Gasteiger partial charge in [-0.1, -0.05) is 83.3 Å². The Morgan fingerprint density at radius 2 is 0.658 bits per heavy atom. The van der Waals surface area contributed by atoms with E-state index in [1.165, 1.54) is 23.8 Å². The smallest absolute Gasteiger partial charge is 0.322 e. The third-order valence-corrected chi connectivity index (χ3v) is 21.9. The Hall–Kier alpha value is -12.5. The van der Waals surface area contributed by atoms with E-state index in [1.807, 2.05) is 156 Å². The molecule has 1 atom stereocenters. The van der Waals surface area contributed by atoms with Crippen LogP contribution in [0.2, 0.25) is 15.1 Å². The Labute approximate surface area is 680 Å². The van der Waals surface area contributed by atoms with Crippen LogP contribution >= 0.6 is 34.8 Å². The average molecular weight is 1640 g/mol. The highest BCUT2D eigenvalue weighted by molar-refractivity contribution is 6.42. The third-order valence-electron chi connectivity index (χ3n) is 20.8. The molecule has 25 nitrogen and oxygen atoms in total. The zero-order chi connectivity index (χ0) is 83.5. The van der Waals surface area contributed by atoms with Gasteiger partial charge in [-0.25, -0.2) is 52.3 Å². The zero-order valence-corrected chi connectivity index (χ0v) is 67.7. The van der Waals surface area contributed by atoms with Gasteiger partial charge in [-0.3, -0.25) is 39.1 Å². The fraction of sp³-hybridized carbons (Fsp3) is 0.256. The number of H-pyrrole nitrogens is 4. The average Bonchev–Trinajstić information content (AvgIpc) is 0.766. The van der Waals surface area contributed by atoms with Crippen LogP contribution in [0.3, 0.4) is 0 Å². The summed E-state index contributed by atoms with van der Waals surface area (Å²) in [4.78, 5) is 142. The molecule has 8 aromatic carbocycles. The maximum absolute atomic E-state index is 13.4. The van der Waals surface area contributed by atoms with Crippen molar-refractivity contribution in [2.24, 2.45) is 0 Å². The van der Waals surface area contributed by atoms with Crippen LogP contribution in [0.5, 0.6) is 0 Å². The van der Waals surface area contributed by atoms with Crippen LogP contribution in [0, 0.1) is 72.8 Å². The topological polar surface area (TPSA) is 326 Å². The molecule has 0 amide bonds. The second-order valence-electron chi connectivity index (χ2n) is 29.2. The van der Waals surface area contributed by atoms with Crippen LogP contribution in [0.1, 0.15) is 86.0 Å². The molecule has 1 unspecified atom stereocenters. The first-order chi connectivity index (χ1) is 55.8. The zero-order valence-electron chi connectivity index (χ0n) is 65.4. The number of nitrogens with one attached hydrogen (secondary N) is 4. The minimum Gasteiger partial charge on any atom is -0.322 e. The van der Waals surface area contributed by atoms with Crippen molar-refractivity contribution in [2.45, 2.75) is 133 Å². The van der Waals surface area contributed by atoms with Crippen molar-refractivity contribution >= 4 is 78.9 Å². The summed E-state index contributed by atoms with van der Waals surface area (Å²) in [6, 6.07) is 40.2. The molecular formula is C86H79Cl3F3N17O8. The van der Waals surface area contributed by atoms with Crippen LogP contribution < -0.4 is 45.0 Å². The van der Waals surface area contributed by atoms with E-state index in [0.29, 0.717) is 101 Å². The summed E-state index contributed by atoms with van der Waals surface area (Å²) >= 11 is 18.0. The predicted molar refractivity (Wildman–Crippen MR) is 449 cm³/mol. The molecule has 0 fully saturated rings. The lowest BCUT2D eigenvalue weighted by Gasteiger charge is -2.28. The number of benzene rings is 8. The van der Waals surface area contributed by atoms with E-state index >= 15 is 0 Å². The van der Waals surface area contributed by atoms with Crippen molar-refractivity contribution in [1.29, 1.82) is 0 Å². The van der Waals surface area contributed by atoms with Crippen molar-refractivity contribution < 1.29 is 13.2 Å². The van der Waals surface area contributed by atoms with Gasteiger partial charge in [-0.15, -0.1) is 0 Å². The van der Waals surface area contributed by atoms with Gasteiger partial charge in [0.2, 0.25) is 0 Å². The van der Waals surface area contributed by atoms with E-state index in [9.17, 15) is 51.5 Å². The number of fused-ring (bicyclic) bond motifs is 8. The summed E-state index contributed by atoms with van der Waals surface area (Å²) < 4.78 is 47.5. The van der Waals surface area contributed by atoms with Gasteiger partial charge < -0.3 is 23.2 Å². The van der Waals surface area contributed by atoms with Crippen LogP contribution in [0.15, 0.2) is 172 Å². The van der Waals surface area contributed by atoms with Crippen molar-refractivity contribution in [1.82, 2.24) is 83.0 Å². The molecule has 31 heteroatoms. The maximum atomic E-state index is 13.4. The number of rotatable bonds is 17.